The number of para-hydroxylation sites is 2. The number of anilines is 6. The first-order chi connectivity index (χ1) is 33.7. The van der Waals surface area contributed by atoms with E-state index in [-0.39, 0.29) is 10.8 Å². The van der Waals surface area contributed by atoms with Gasteiger partial charge in [0.1, 0.15) is 38.5 Å². The van der Waals surface area contributed by atoms with Crippen molar-refractivity contribution in [1.82, 2.24) is 0 Å². The smallest absolute Gasteiger partial charge is 0.141 e. The summed E-state index contributed by atoms with van der Waals surface area (Å²) in [4.78, 5) is 4.99. The lowest BCUT2D eigenvalue weighted by Crippen LogP contribution is -2.49. The van der Waals surface area contributed by atoms with Gasteiger partial charge in [-0.1, -0.05) is 151 Å². The van der Waals surface area contributed by atoms with Crippen LogP contribution in [0.5, 0.6) is 0 Å². The molecule has 2 aromatic heterocycles. The Hall–Kier alpha value is -7.39. The molecule has 0 atom stereocenters. The first-order valence-electron chi connectivity index (χ1n) is 24.9. The van der Waals surface area contributed by atoms with Crippen LogP contribution >= 0.6 is 0 Å². The zero-order chi connectivity index (χ0) is 47.4. The van der Waals surface area contributed by atoms with E-state index in [0.29, 0.717) is 0 Å². The van der Waals surface area contributed by atoms with Crippen LogP contribution in [0, 0.1) is 0 Å². The van der Waals surface area contributed by atoms with Crippen LogP contribution in [0.3, 0.4) is 0 Å². The van der Waals surface area contributed by atoms with Gasteiger partial charge in [0.25, 0.3) is 0 Å². The summed E-state index contributed by atoms with van der Waals surface area (Å²) >= 11 is 0. The van der Waals surface area contributed by atoms with Gasteiger partial charge in [0.2, 0.25) is 0 Å². The van der Waals surface area contributed by atoms with Crippen molar-refractivity contribution in [2.24, 2.45) is 0 Å². The largest absolute Gasteiger partial charge is 0.456 e. The highest BCUT2D eigenvalue weighted by atomic mass is 28.3. The predicted molar refractivity (Wildman–Crippen MR) is 299 cm³/mol. The van der Waals surface area contributed by atoms with Crippen molar-refractivity contribution in [1.29, 1.82) is 0 Å². The molecule has 9 aromatic carbocycles. The summed E-state index contributed by atoms with van der Waals surface area (Å²) in [6, 6.07) is 64.1. The van der Waals surface area contributed by atoms with Gasteiger partial charge in [0.05, 0.1) is 22.7 Å². The number of nitrogens with zero attached hydrogens (tertiary/aromatic N) is 2. The second kappa shape index (κ2) is 13.3. The monoisotopic (exact) mass is 936 g/mol. The second-order valence-electron chi connectivity index (χ2n) is 22.5. The second-order valence-corrected chi connectivity index (χ2v) is 31.1. The maximum atomic E-state index is 7.25. The van der Waals surface area contributed by atoms with Crippen LogP contribution in [0.2, 0.25) is 26.2 Å². The minimum Gasteiger partial charge on any atom is -0.456 e. The summed E-state index contributed by atoms with van der Waals surface area (Å²) in [6.07, 6.45) is 0. The normalized spacial score (nSPS) is 17.0. The highest BCUT2D eigenvalue weighted by molar-refractivity contribution is 7.04. The zero-order valence-corrected chi connectivity index (χ0v) is 42.9. The summed E-state index contributed by atoms with van der Waals surface area (Å²) in [7, 11) is -3.83. The van der Waals surface area contributed by atoms with E-state index in [0.717, 1.165) is 55.3 Å². The third kappa shape index (κ3) is 4.95. The van der Waals surface area contributed by atoms with E-state index in [2.05, 4.69) is 234 Å². The fourth-order valence-corrected chi connectivity index (χ4v) is 20.1. The van der Waals surface area contributed by atoms with Crippen molar-refractivity contribution < 1.29 is 8.83 Å². The van der Waals surface area contributed by atoms with E-state index >= 15 is 0 Å². The first-order valence-corrected chi connectivity index (χ1v) is 30.9. The van der Waals surface area contributed by atoms with Crippen molar-refractivity contribution >= 4 is 115 Å². The fourth-order valence-electron chi connectivity index (χ4n) is 13.9. The van der Waals surface area contributed by atoms with Gasteiger partial charge in [-0.3, -0.25) is 0 Å². The Morgan fingerprint density at radius 3 is 1.19 bits per heavy atom. The molecule has 4 aliphatic heterocycles. The number of hydrogen-bond donors (Lipinski definition) is 0. The van der Waals surface area contributed by atoms with E-state index < -0.39 is 16.1 Å². The van der Waals surface area contributed by atoms with Crippen LogP contribution in [-0.4, -0.2) is 16.1 Å². The third-order valence-electron chi connectivity index (χ3n) is 17.4. The summed E-state index contributed by atoms with van der Waals surface area (Å²) in [5.74, 6) is 0. The Balaban J connectivity index is 0.904. The highest BCUT2D eigenvalue weighted by Crippen LogP contribution is 2.57. The van der Waals surface area contributed by atoms with E-state index in [1.54, 1.807) is 0 Å². The molecule has 0 N–H and O–H groups in total. The number of benzene rings is 9. The first kappa shape index (κ1) is 40.5. The van der Waals surface area contributed by atoms with Crippen molar-refractivity contribution in [3.63, 3.8) is 0 Å². The maximum absolute atomic E-state index is 7.25. The quantitative estimate of drug-likeness (QED) is 0.162. The molecule has 0 saturated carbocycles. The zero-order valence-electron chi connectivity index (χ0n) is 40.9. The maximum Gasteiger partial charge on any atom is 0.141 e. The standard InChI is InChI=1S/C64H52N2O2Si2/c1-63(2)47-19-11-13-21-49(47)65(37-25-27-41-39-17-9-15-23-55(39)69(5,6)57(41)33-37)51-31-29-43-45-35-54-46(36-53(45)67-61(43)59(51)63)44-30-32-52-60(62(44)68-54)64(3,4)48-20-12-14-22-50(48)66(52)38-26-28-42-40-18-10-16-24-56(40)70(7,8)58(42)34-38/h9-36H,1-8H3. The van der Waals surface area contributed by atoms with Gasteiger partial charge in [-0.25, -0.2) is 0 Å². The highest BCUT2D eigenvalue weighted by Gasteiger charge is 2.44. The number of hydrogen-bond acceptors (Lipinski definition) is 4. The van der Waals surface area contributed by atoms with Crippen LogP contribution in [0.4, 0.5) is 34.1 Å². The number of rotatable bonds is 2. The van der Waals surface area contributed by atoms with E-state index in [9.17, 15) is 0 Å². The summed E-state index contributed by atoms with van der Waals surface area (Å²) in [6.45, 7) is 19.4. The van der Waals surface area contributed by atoms with Gasteiger partial charge < -0.3 is 18.6 Å². The summed E-state index contributed by atoms with van der Waals surface area (Å²) in [5, 5.41) is 10.4. The third-order valence-corrected chi connectivity index (χ3v) is 24.5. The molecule has 15 rings (SSSR count). The molecule has 0 radical (unpaired) electrons. The molecule has 0 spiro atoms. The average Bonchev–Trinajstić information content (AvgIpc) is 4.05. The molecule has 0 fully saturated rings. The molecule has 0 saturated heterocycles. The minimum atomic E-state index is -1.92. The molecule has 4 aliphatic rings. The number of fused-ring (bicyclic) bond motifs is 18. The lowest BCUT2D eigenvalue weighted by Gasteiger charge is -2.42. The molecule has 4 nitrogen and oxygen atoms in total. The lowest BCUT2D eigenvalue weighted by atomic mass is 9.73. The molecule has 0 aliphatic carbocycles. The van der Waals surface area contributed by atoms with Crippen molar-refractivity contribution in [3.8, 4) is 22.3 Å². The van der Waals surface area contributed by atoms with Gasteiger partial charge in [0, 0.05) is 54.9 Å². The lowest BCUT2D eigenvalue weighted by molar-refractivity contribution is 0.600. The predicted octanol–water partition coefficient (Wildman–Crippen LogP) is 15.3. The molecule has 6 heteroatoms. The van der Waals surface area contributed by atoms with Gasteiger partial charge in [-0.2, -0.15) is 0 Å². The van der Waals surface area contributed by atoms with Gasteiger partial charge in [-0.15, -0.1) is 0 Å². The molecule has 338 valence electrons. The SMILES string of the molecule is CC1(C)c2ccccc2N(c2ccc3c(c2)[Si](C)(C)c2ccccc2-3)c2ccc3c(oc4cc5c(cc43)oc3c4c(ccc35)N(c3ccc5c(c3)[Si](C)(C)c3ccccc3-5)c3ccccc3C4(C)C)c21. The van der Waals surface area contributed by atoms with Gasteiger partial charge >= 0.3 is 0 Å². The Bertz CT molecular complexity index is 3900. The molecule has 0 bridgehead atoms. The Kier molecular flexibility index (Phi) is 7.68. The summed E-state index contributed by atoms with van der Waals surface area (Å²) in [5.41, 5.74) is 20.6. The molecule has 0 unspecified atom stereocenters. The van der Waals surface area contributed by atoms with E-state index in [4.69, 9.17) is 8.83 Å². The van der Waals surface area contributed by atoms with Gasteiger partial charge in [-0.05, 0) is 127 Å². The Morgan fingerprint density at radius 2 is 0.743 bits per heavy atom. The minimum absolute atomic E-state index is 0.337. The molecule has 70 heavy (non-hydrogen) atoms. The fraction of sp³-hybridized carbons (Fsp3) is 0.156. The van der Waals surface area contributed by atoms with Crippen LogP contribution < -0.4 is 30.5 Å². The Morgan fingerprint density at radius 1 is 0.357 bits per heavy atom. The van der Waals surface area contributed by atoms with E-state index in [1.807, 2.05) is 0 Å². The molecule has 0 amide bonds. The number of furan rings is 2. The van der Waals surface area contributed by atoms with Crippen molar-refractivity contribution in [2.75, 3.05) is 9.80 Å². The Labute approximate surface area is 410 Å². The van der Waals surface area contributed by atoms with Crippen LogP contribution in [-0.2, 0) is 10.8 Å². The van der Waals surface area contributed by atoms with Crippen LogP contribution in [0.15, 0.2) is 179 Å². The molecule has 11 aromatic rings. The van der Waals surface area contributed by atoms with Crippen molar-refractivity contribution in [2.45, 2.75) is 64.7 Å². The van der Waals surface area contributed by atoms with Gasteiger partial charge in [0.15, 0.2) is 0 Å². The topological polar surface area (TPSA) is 32.8 Å². The van der Waals surface area contributed by atoms with E-state index in [1.165, 1.54) is 88.0 Å². The molecule has 6 heterocycles. The van der Waals surface area contributed by atoms with Crippen molar-refractivity contribution in [3.05, 3.63) is 192 Å². The molecular formula is C64H52N2O2Si2. The average molecular weight is 937 g/mol. The summed E-state index contributed by atoms with van der Waals surface area (Å²) < 4.78 is 14.5. The van der Waals surface area contributed by atoms with Crippen LogP contribution in [0.1, 0.15) is 49.9 Å². The molecular weight excluding hydrogens is 885 g/mol. The van der Waals surface area contributed by atoms with Crippen LogP contribution in [0.25, 0.3) is 66.1 Å².